The van der Waals surface area contributed by atoms with Crippen LogP contribution in [-0.2, 0) is 9.59 Å². The smallest absolute Gasteiger partial charge is 0.253 e. The molecule has 136 valence electrons. The summed E-state index contributed by atoms with van der Waals surface area (Å²) in [5.74, 6) is -0.826. The molecular formula is C20H21FN2O3. The van der Waals surface area contributed by atoms with Gasteiger partial charge in [-0.3, -0.25) is 19.3 Å². The van der Waals surface area contributed by atoms with Crippen LogP contribution in [0.4, 0.5) is 4.39 Å². The maximum absolute atomic E-state index is 13.0. The van der Waals surface area contributed by atoms with Crippen LogP contribution >= 0.6 is 0 Å². The normalized spacial score (nSPS) is 18.6. The largest absolute Gasteiger partial charge is 0.339 e. The summed E-state index contributed by atoms with van der Waals surface area (Å²) in [6.45, 7) is 1.60. The zero-order valence-electron chi connectivity index (χ0n) is 14.4. The molecule has 0 radical (unpaired) electrons. The van der Waals surface area contributed by atoms with Gasteiger partial charge < -0.3 is 4.90 Å². The van der Waals surface area contributed by atoms with Crippen LogP contribution in [0.5, 0.6) is 0 Å². The van der Waals surface area contributed by atoms with Gasteiger partial charge in [0, 0.05) is 25.2 Å². The lowest BCUT2D eigenvalue weighted by Crippen LogP contribution is -2.38. The Labute approximate surface area is 151 Å². The van der Waals surface area contributed by atoms with Crippen molar-refractivity contribution >= 4 is 17.7 Å². The summed E-state index contributed by atoms with van der Waals surface area (Å²) < 4.78 is 13.0. The Morgan fingerprint density at radius 2 is 1.77 bits per heavy atom. The van der Waals surface area contributed by atoms with Gasteiger partial charge in [0.05, 0.1) is 0 Å². The number of nitrogens with zero attached hydrogens (tertiary/aromatic N) is 2. The van der Waals surface area contributed by atoms with E-state index in [1.807, 2.05) is 6.08 Å². The number of imide groups is 1. The fraction of sp³-hybridized carbons (Fsp3) is 0.350. The lowest BCUT2D eigenvalue weighted by Gasteiger charge is -2.31. The molecule has 26 heavy (non-hydrogen) atoms. The van der Waals surface area contributed by atoms with Gasteiger partial charge in [0.2, 0.25) is 0 Å². The van der Waals surface area contributed by atoms with Gasteiger partial charge in [0.1, 0.15) is 5.82 Å². The average Bonchev–Trinajstić information content (AvgIpc) is 2.67. The van der Waals surface area contributed by atoms with Crippen molar-refractivity contribution in [3.63, 3.8) is 0 Å². The molecule has 1 fully saturated rings. The quantitative estimate of drug-likeness (QED) is 0.782. The van der Waals surface area contributed by atoms with Gasteiger partial charge in [0.25, 0.3) is 17.7 Å². The first-order chi connectivity index (χ1) is 12.5. The molecule has 5 nitrogen and oxygen atoms in total. The van der Waals surface area contributed by atoms with Gasteiger partial charge in [-0.1, -0.05) is 12.2 Å². The van der Waals surface area contributed by atoms with Crippen molar-refractivity contribution in [1.29, 1.82) is 0 Å². The number of allylic oxidation sites excluding steroid dienone is 1. The molecule has 6 heteroatoms. The summed E-state index contributed by atoms with van der Waals surface area (Å²) in [6.07, 6.45) is 8.70. The van der Waals surface area contributed by atoms with Crippen LogP contribution in [-0.4, -0.2) is 47.2 Å². The monoisotopic (exact) mass is 356 g/mol. The number of hydrogen-bond acceptors (Lipinski definition) is 3. The van der Waals surface area contributed by atoms with Gasteiger partial charge >= 0.3 is 0 Å². The highest BCUT2D eigenvalue weighted by molar-refractivity contribution is 6.05. The molecule has 1 aromatic carbocycles. The van der Waals surface area contributed by atoms with Gasteiger partial charge in [-0.15, -0.1) is 0 Å². The van der Waals surface area contributed by atoms with Crippen molar-refractivity contribution in [2.24, 2.45) is 5.92 Å². The number of halogens is 1. The molecule has 0 spiro atoms. The van der Waals surface area contributed by atoms with E-state index in [9.17, 15) is 18.8 Å². The molecule has 1 saturated heterocycles. The predicted molar refractivity (Wildman–Crippen MR) is 94.6 cm³/mol. The molecule has 0 aliphatic carbocycles. The Balaban J connectivity index is 1.51. The van der Waals surface area contributed by atoms with E-state index >= 15 is 0 Å². The number of likely N-dealkylation sites (tertiary alicyclic amines) is 1. The lowest BCUT2D eigenvalue weighted by atomic mass is 9.95. The molecular weight excluding hydrogens is 335 g/mol. The van der Waals surface area contributed by atoms with Crippen LogP contribution in [0.25, 0.3) is 0 Å². The predicted octanol–water partition coefficient (Wildman–Crippen LogP) is 2.55. The van der Waals surface area contributed by atoms with E-state index in [2.05, 4.69) is 0 Å². The molecule has 0 saturated carbocycles. The molecule has 2 aliphatic rings. The zero-order valence-corrected chi connectivity index (χ0v) is 14.4. The van der Waals surface area contributed by atoms with Crippen LogP contribution in [0, 0.1) is 11.7 Å². The third kappa shape index (κ3) is 4.25. The summed E-state index contributed by atoms with van der Waals surface area (Å²) in [4.78, 5) is 39.2. The van der Waals surface area contributed by atoms with E-state index in [0.29, 0.717) is 31.6 Å². The van der Waals surface area contributed by atoms with Gasteiger partial charge in [-0.05, 0) is 61.6 Å². The average molecular weight is 356 g/mol. The minimum Gasteiger partial charge on any atom is -0.339 e. The summed E-state index contributed by atoms with van der Waals surface area (Å²) in [6, 6.07) is 5.55. The highest BCUT2D eigenvalue weighted by Crippen LogP contribution is 2.20. The van der Waals surface area contributed by atoms with Gasteiger partial charge in [-0.2, -0.15) is 0 Å². The number of amides is 3. The second kappa shape index (κ2) is 8.08. The Morgan fingerprint density at radius 1 is 1.08 bits per heavy atom. The second-order valence-corrected chi connectivity index (χ2v) is 6.51. The number of hydrogen-bond donors (Lipinski definition) is 0. The molecule has 1 aromatic rings. The maximum atomic E-state index is 13.0. The standard InChI is InChI=1S/C20H21FN2O3/c21-17-7-5-16(6-8-17)20(26)22-13-10-15(11-14-22)4-9-19(25)23-12-2-1-3-18(23)24/h1,3-9,15H,2,10-14H2. The fourth-order valence-electron chi connectivity index (χ4n) is 3.19. The van der Waals surface area contributed by atoms with Crippen molar-refractivity contribution in [2.45, 2.75) is 19.3 Å². The molecule has 2 heterocycles. The zero-order chi connectivity index (χ0) is 18.5. The topological polar surface area (TPSA) is 57.7 Å². The van der Waals surface area contributed by atoms with E-state index in [1.165, 1.54) is 41.3 Å². The molecule has 0 atom stereocenters. The van der Waals surface area contributed by atoms with Gasteiger partial charge in [0.15, 0.2) is 0 Å². The maximum Gasteiger partial charge on any atom is 0.253 e. The fourth-order valence-corrected chi connectivity index (χ4v) is 3.19. The van der Waals surface area contributed by atoms with Crippen LogP contribution < -0.4 is 0 Å². The highest BCUT2D eigenvalue weighted by Gasteiger charge is 2.23. The minimum atomic E-state index is -0.363. The van der Waals surface area contributed by atoms with Crippen LogP contribution in [0.3, 0.4) is 0 Å². The van der Waals surface area contributed by atoms with Gasteiger partial charge in [-0.25, -0.2) is 4.39 Å². The second-order valence-electron chi connectivity index (χ2n) is 6.51. The van der Waals surface area contributed by atoms with Crippen molar-refractivity contribution in [2.75, 3.05) is 19.6 Å². The molecule has 0 aromatic heterocycles. The van der Waals surface area contributed by atoms with E-state index in [0.717, 1.165) is 12.8 Å². The third-order valence-electron chi connectivity index (χ3n) is 4.74. The number of benzene rings is 1. The molecule has 0 unspecified atom stereocenters. The van der Waals surface area contributed by atoms with E-state index in [1.54, 1.807) is 11.0 Å². The van der Waals surface area contributed by atoms with Crippen LogP contribution in [0.2, 0.25) is 0 Å². The SMILES string of the molecule is O=C(c1ccc(F)cc1)N1CCC(C=CC(=O)N2CCC=CC2=O)CC1. The highest BCUT2D eigenvalue weighted by atomic mass is 19.1. The van der Waals surface area contributed by atoms with Crippen molar-refractivity contribution in [3.05, 3.63) is 60.0 Å². The summed E-state index contributed by atoms with van der Waals surface area (Å²) >= 11 is 0. The summed E-state index contributed by atoms with van der Waals surface area (Å²) in [7, 11) is 0. The van der Waals surface area contributed by atoms with E-state index in [4.69, 9.17) is 0 Å². The number of rotatable bonds is 3. The molecule has 3 amide bonds. The van der Waals surface area contributed by atoms with E-state index < -0.39 is 0 Å². The third-order valence-corrected chi connectivity index (χ3v) is 4.74. The van der Waals surface area contributed by atoms with Crippen molar-refractivity contribution in [3.8, 4) is 0 Å². The Morgan fingerprint density at radius 3 is 2.42 bits per heavy atom. The molecule has 0 bridgehead atoms. The lowest BCUT2D eigenvalue weighted by molar-refractivity contribution is -0.139. The molecule has 2 aliphatic heterocycles. The van der Waals surface area contributed by atoms with Crippen molar-refractivity contribution < 1.29 is 18.8 Å². The molecule has 3 rings (SSSR count). The van der Waals surface area contributed by atoms with Crippen molar-refractivity contribution in [1.82, 2.24) is 9.80 Å². The minimum absolute atomic E-state index is 0.103. The van der Waals surface area contributed by atoms with Crippen LogP contribution in [0.15, 0.2) is 48.6 Å². The first-order valence-corrected chi connectivity index (χ1v) is 8.79. The number of carbonyl (C=O) groups is 3. The summed E-state index contributed by atoms with van der Waals surface area (Å²) in [5, 5.41) is 0. The number of piperidine rings is 1. The van der Waals surface area contributed by atoms with E-state index in [-0.39, 0.29) is 29.5 Å². The summed E-state index contributed by atoms with van der Waals surface area (Å²) in [5.41, 5.74) is 0.479. The molecule has 0 N–H and O–H groups in total. The Bertz CT molecular complexity index is 747. The Kier molecular flexibility index (Phi) is 5.61. The van der Waals surface area contributed by atoms with Crippen LogP contribution in [0.1, 0.15) is 29.6 Å². The first-order valence-electron chi connectivity index (χ1n) is 8.79. The first kappa shape index (κ1) is 18.0. The number of carbonyl (C=O) groups excluding carboxylic acids is 3. The Hall–Kier alpha value is -2.76.